The highest BCUT2D eigenvalue weighted by atomic mass is 32.2. The molecule has 2 aromatic rings. The standard InChI is InChI=1S/C14H12F3NO2S/c1-21(19,20)18(13-6-4-11(15)5-7-13)9-10-2-3-12(16)8-14(10)17/h2-8H,9H2,1H3. The van der Waals surface area contributed by atoms with Crippen LogP contribution < -0.4 is 4.31 Å². The van der Waals surface area contributed by atoms with Crippen molar-refractivity contribution in [3.63, 3.8) is 0 Å². The number of hydrogen-bond acceptors (Lipinski definition) is 2. The van der Waals surface area contributed by atoms with E-state index in [-0.39, 0.29) is 17.8 Å². The number of sulfonamides is 1. The fourth-order valence-electron chi connectivity index (χ4n) is 1.81. The van der Waals surface area contributed by atoms with Crippen LogP contribution in [0.15, 0.2) is 42.5 Å². The molecule has 0 aliphatic carbocycles. The zero-order valence-corrected chi connectivity index (χ0v) is 11.9. The Kier molecular flexibility index (Phi) is 4.22. The van der Waals surface area contributed by atoms with Gasteiger partial charge >= 0.3 is 0 Å². The van der Waals surface area contributed by atoms with E-state index < -0.39 is 27.5 Å². The average Bonchev–Trinajstić information content (AvgIpc) is 2.38. The number of benzene rings is 2. The quantitative estimate of drug-likeness (QED) is 0.869. The average molecular weight is 315 g/mol. The molecule has 0 N–H and O–H groups in total. The summed E-state index contributed by atoms with van der Waals surface area (Å²) < 4.78 is 64.0. The van der Waals surface area contributed by atoms with Gasteiger partial charge in [-0.2, -0.15) is 0 Å². The van der Waals surface area contributed by atoms with Crippen LogP contribution in [0, 0.1) is 17.5 Å². The normalized spacial score (nSPS) is 11.4. The van der Waals surface area contributed by atoms with E-state index in [0.29, 0.717) is 6.07 Å². The molecule has 21 heavy (non-hydrogen) atoms. The lowest BCUT2D eigenvalue weighted by Crippen LogP contribution is -2.29. The van der Waals surface area contributed by atoms with E-state index in [1.54, 1.807) is 0 Å². The molecule has 0 saturated heterocycles. The minimum Gasteiger partial charge on any atom is -0.266 e. The van der Waals surface area contributed by atoms with Gasteiger partial charge in [0.15, 0.2) is 0 Å². The molecule has 0 aromatic heterocycles. The Labute approximate surface area is 120 Å². The topological polar surface area (TPSA) is 37.4 Å². The van der Waals surface area contributed by atoms with Gasteiger partial charge < -0.3 is 0 Å². The number of halogens is 3. The molecular weight excluding hydrogens is 303 g/mol. The predicted octanol–water partition coefficient (Wildman–Crippen LogP) is 3.07. The first-order chi connectivity index (χ1) is 9.77. The molecule has 112 valence electrons. The van der Waals surface area contributed by atoms with Crippen molar-refractivity contribution >= 4 is 15.7 Å². The maximum absolute atomic E-state index is 13.7. The van der Waals surface area contributed by atoms with Crippen LogP contribution in [-0.2, 0) is 16.6 Å². The molecular formula is C14H12F3NO2S. The lowest BCUT2D eigenvalue weighted by Gasteiger charge is -2.22. The van der Waals surface area contributed by atoms with Gasteiger partial charge in [-0.15, -0.1) is 0 Å². The molecule has 0 heterocycles. The SMILES string of the molecule is CS(=O)(=O)N(Cc1ccc(F)cc1F)c1ccc(F)cc1. The molecule has 0 radical (unpaired) electrons. The lowest BCUT2D eigenvalue weighted by molar-refractivity contribution is 0.570. The third-order valence-corrected chi connectivity index (χ3v) is 3.98. The molecule has 2 aromatic carbocycles. The molecule has 0 fully saturated rings. The first-order valence-electron chi connectivity index (χ1n) is 5.94. The van der Waals surface area contributed by atoms with E-state index in [1.165, 1.54) is 18.2 Å². The summed E-state index contributed by atoms with van der Waals surface area (Å²) in [7, 11) is -3.71. The minimum absolute atomic E-state index is 0.0196. The van der Waals surface area contributed by atoms with Crippen LogP contribution in [0.4, 0.5) is 18.9 Å². The van der Waals surface area contributed by atoms with E-state index in [0.717, 1.165) is 28.8 Å². The maximum Gasteiger partial charge on any atom is 0.232 e. The van der Waals surface area contributed by atoms with Crippen LogP contribution in [0.5, 0.6) is 0 Å². The summed E-state index contributed by atoms with van der Waals surface area (Å²) in [5, 5.41) is 0. The number of rotatable bonds is 4. The van der Waals surface area contributed by atoms with Crippen LogP contribution in [0.25, 0.3) is 0 Å². The van der Waals surface area contributed by atoms with Crippen LogP contribution >= 0.6 is 0 Å². The summed E-state index contributed by atoms with van der Waals surface area (Å²) in [6.07, 6.45) is 0.956. The Balaban J connectivity index is 2.40. The second kappa shape index (κ2) is 5.77. The molecule has 0 unspecified atom stereocenters. The minimum atomic E-state index is -3.71. The number of anilines is 1. The number of hydrogen-bond donors (Lipinski definition) is 0. The first-order valence-corrected chi connectivity index (χ1v) is 7.79. The summed E-state index contributed by atoms with van der Waals surface area (Å²) in [6.45, 7) is -0.309. The lowest BCUT2D eigenvalue weighted by atomic mass is 10.2. The molecule has 3 nitrogen and oxygen atoms in total. The van der Waals surface area contributed by atoms with Crippen molar-refractivity contribution in [3.8, 4) is 0 Å². The predicted molar refractivity (Wildman–Crippen MR) is 73.8 cm³/mol. The molecule has 7 heteroatoms. The van der Waals surface area contributed by atoms with Crippen molar-refractivity contribution in [1.82, 2.24) is 0 Å². The second-order valence-corrected chi connectivity index (χ2v) is 6.39. The van der Waals surface area contributed by atoms with Gasteiger partial charge in [0.25, 0.3) is 0 Å². The van der Waals surface area contributed by atoms with Gasteiger partial charge in [-0.25, -0.2) is 21.6 Å². The van der Waals surface area contributed by atoms with Crippen molar-refractivity contribution in [2.75, 3.05) is 10.6 Å². The maximum atomic E-state index is 13.7. The van der Waals surface area contributed by atoms with E-state index in [2.05, 4.69) is 0 Å². The van der Waals surface area contributed by atoms with Crippen molar-refractivity contribution in [2.45, 2.75) is 6.54 Å². The molecule has 0 aliphatic heterocycles. The van der Waals surface area contributed by atoms with Crippen molar-refractivity contribution < 1.29 is 21.6 Å². The Morgan fingerprint density at radius 3 is 2.05 bits per heavy atom. The van der Waals surface area contributed by atoms with Crippen LogP contribution in [0.2, 0.25) is 0 Å². The Morgan fingerprint density at radius 1 is 0.952 bits per heavy atom. The Hall–Kier alpha value is -2.02. The smallest absolute Gasteiger partial charge is 0.232 e. The molecule has 0 bridgehead atoms. The van der Waals surface area contributed by atoms with Gasteiger partial charge in [0.2, 0.25) is 10.0 Å². The molecule has 0 aliphatic rings. The largest absolute Gasteiger partial charge is 0.266 e. The second-order valence-electron chi connectivity index (χ2n) is 4.48. The molecule has 0 atom stereocenters. The van der Waals surface area contributed by atoms with Gasteiger partial charge in [-0.1, -0.05) is 6.07 Å². The third kappa shape index (κ3) is 3.75. The molecule has 0 spiro atoms. The molecule has 2 rings (SSSR count). The van der Waals surface area contributed by atoms with Gasteiger partial charge in [0, 0.05) is 11.6 Å². The Morgan fingerprint density at radius 2 is 1.52 bits per heavy atom. The highest BCUT2D eigenvalue weighted by Gasteiger charge is 2.19. The fourth-order valence-corrected chi connectivity index (χ4v) is 2.69. The van der Waals surface area contributed by atoms with Crippen molar-refractivity contribution in [3.05, 3.63) is 65.5 Å². The van der Waals surface area contributed by atoms with Gasteiger partial charge in [0.1, 0.15) is 17.5 Å². The molecule has 0 saturated carbocycles. The van der Waals surface area contributed by atoms with Gasteiger partial charge in [-0.3, -0.25) is 4.31 Å². The van der Waals surface area contributed by atoms with Crippen LogP contribution in [0.3, 0.4) is 0 Å². The van der Waals surface area contributed by atoms with Gasteiger partial charge in [0.05, 0.1) is 18.5 Å². The third-order valence-electron chi connectivity index (χ3n) is 2.84. The summed E-state index contributed by atoms with van der Waals surface area (Å²) >= 11 is 0. The number of nitrogens with zero attached hydrogens (tertiary/aromatic N) is 1. The van der Waals surface area contributed by atoms with E-state index in [4.69, 9.17) is 0 Å². The zero-order valence-electron chi connectivity index (χ0n) is 11.1. The summed E-state index contributed by atoms with van der Waals surface area (Å²) in [5.74, 6) is -2.10. The van der Waals surface area contributed by atoms with Crippen molar-refractivity contribution in [1.29, 1.82) is 0 Å². The van der Waals surface area contributed by atoms with E-state index >= 15 is 0 Å². The van der Waals surface area contributed by atoms with Gasteiger partial charge in [-0.05, 0) is 30.3 Å². The Bertz CT molecular complexity index is 745. The van der Waals surface area contributed by atoms with Crippen LogP contribution in [-0.4, -0.2) is 14.7 Å². The highest BCUT2D eigenvalue weighted by Crippen LogP contribution is 2.22. The summed E-state index contributed by atoms with van der Waals surface area (Å²) in [6, 6.07) is 7.66. The zero-order chi connectivity index (χ0) is 15.6. The summed E-state index contributed by atoms with van der Waals surface area (Å²) in [5.41, 5.74) is 0.216. The molecule has 0 amide bonds. The fraction of sp³-hybridized carbons (Fsp3) is 0.143. The van der Waals surface area contributed by atoms with Crippen LogP contribution in [0.1, 0.15) is 5.56 Å². The summed E-state index contributed by atoms with van der Waals surface area (Å²) in [4.78, 5) is 0. The van der Waals surface area contributed by atoms with E-state index in [1.807, 2.05) is 0 Å². The van der Waals surface area contributed by atoms with E-state index in [9.17, 15) is 21.6 Å². The first kappa shape index (κ1) is 15.4. The monoisotopic (exact) mass is 315 g/mol. The highest BCUT2D eigenvalue weighted by molar-refractivity contribution is 7.92. The van der Waals surface area contributed by atoms with Crippen molar-refractivity contribution in [2.24, 2.45) is 0 Å².